The maximum absolute atomic E-state index is 13.7. The van der Waals surface area contributed by atoms with E-state index in [0.717, 1.165) is 28.9 Å². The van der Waals surface area contributed by atoms with E-state index in [1.54, 1.807) is 12.0 Å². The third-order valence-electron chi connectivity index (χ3n) is 7.03. The highest BCUT2D eigenvalue weighted by atomic mass is 32.1. The number of para-hydroxylation sites is 1. The molecule has 2 unspecified atom stereocenters. The van der Waals surface area contributed by atoms with Crippen LogP contribution in [0.25, 0.3) is 10.9 Å². The number of aromatic nitrogens is 1. The molecule has 170 valence electrons. The monoisotopic (exact) mass is 467 g/mol. The highest BCUT2D eigenvalue weighted by molar-refractivity contribution is 7.80. The number of carbonyl (C=O) groups excluding carboxylic acids is 1. The van der Waals surface area contributed by atoms with E-state index in [0.29, 0.717) is 18.1 Å². The fraction of sp³-hybridized carbons (Fsp3) is 0.214. The second-order valence-corrected chi connectivity index (χ2v) is 9.24. The third kappa shape index (κ3) is 3.29. The standard InChI is InChI=1S/C28H25N3O2S/c1-33-20-13-11-19(12-14-20)26-25-22(21-9-5-6-10-23(21)29-25)17-24-27(32)30(28(34)31(24)26)16-15-18-7-3-2-4-8-18/h2-14,24,26,29H,15-17H2,1H3. The summed E-state index contributed by atoms with van der Waals surface area (Å²) >= 11 is 5.96. The molecular formula is C28H25N3O2S. The molecule has 4 aromatic rings. The molecule has 6 rings (SSSR count). The lowest BCUT2D eigenvalue weighted by molar-refractivity contribution is -0.128. The van der Waals surface area contributed by atoms with E-state index in [2.05, 4.69) is 52.3 Å². The average molecular weight is 468 g/mol. The number of amides is 1. The van der Waals surface area contributed by atoms with Crippen LogP contribution in [0.1, 0.15) is 28.4 Å². The summed E-state index contributed by atoms with van der Waals surface area (Å²) in [5.74, 6) is 0.896. The maximum atomic E-state index is 13.7. The molecular weight excluding hydrogens is 442 g/mol. The Labute approximate surface area is 203 Å². The zero-order valence-electron chi connectivity index (χ0n) is 18.9. The summed E-state index contributed by atoms with van der Waals surface area (Å²) < 4.78 is 5.38. The Balaban J connectivity index is 1.42. The molecule has 1 amide bonds. The van der Waals surface area contributed by atoms with Crippen LogP contribution in [0.3, 0.4) is 0 Å². The quantitative estimate of drug-likeness (QED) is 0.426. The first-order valence-corrected chi connectivity index (χ1v) is 12.0. The molecule has 0 saturated carbocycles. The number of carbonyl (C=O) groups is 1. The van der Waals surface area contributed by atoms with Gasteiger partial charge in [-0.1, -0.05) is 60.7 Å². The maximum Gasteiger partial charge on any atom is 0.251 e. The van der Waals surface area contributed by atoms with Crippen molar-refractivity contribution in [2.24, 2.45) is 0 Å². The molecule has 6 heteroatoms. The number of hydrogen-bond acceptors (Lipinski definition) is 3. The number of rotatable bonds is 5. The van der Waals surface area contributed by atoms with Crippen LogP contribution >= 0.6 is 12.2 Å². The second-order valence-electron chi connectivity index (χ2n) is 8.87. The van der Waals surface area contributed by atoms with Crippen molar-refractivity contribution in [3.8, 4) is 5.75 Å². The van der Waals surface area contributed by atoms with Gasteiger partial charge < -0.3 is 14.6 Å². The zero-order chi connectivity index (χ0) is 23.2. The molecule has 3 heterocycles. The summed E-state index contributed by atoms with van der Waals surface area (Å²) in [7, 11) is 1.67. The molecule has 1 fully saturated rings. The van der Waals surface area contributed by atoms with E-state index >= 15 is 0 Å². The Morgan fingerprint density at radius 1 is 1.00 bits per heavy atom. The molecule has 2 aliphatic rings. The Morgan fingerprint density at radius 3 is 2.50 bits per heavy atom. The Morgan fingerprint density at radius 2 is 1.74 bits per heavy atom. The van der Waals surface area contributed by atoms with Gasteiger partial charge in [0.1, 0.15) is 11.8 Å². The minimum Gasteiger partial charge on any atom is -0.497 e. The molecule has 0 spiro atoms. The molecule has 2 aliphatic heterocycles. The largest absolute Gasteiger partial charge is 0.497 e. The van der Waals surface area contributed by atoms with Gasteiger partial charge in [0.2, 0.25) is 0 Å². The van der Waals surface area contributed by atoms with Crippen LogP contribution in [0.2, 0.25) is 0 Å². The van der Waals surface area contributed by atoms with Gasteiger partial charge in [-0.3, -0.25) is 9.69 Å². The first-order valence-electron chi connectivity index (χ1n) is 11.6. The van der Waals surface area contributed by atoms with Crippen molar-refractivity contribution in [3.05, 3.63) is 101 Å². The normalized spacial score (nSPS) is 19.4. The first-order chi connectivity index (χ1) is 16.7. The molecule has 3 aromatic carbocycles. The van der Waals surface area contributed by atoms with E-state index in [-0.39, 0.29) is 18.0 Å². The van der Waals surface area contributed by atoms with Gasteiger partial charge in [-0.25, -0.2) is 0 Å². The van der Waals surface area contributed by atoms with Crippen LogP contribution in [-0.2, 0) is 17.6 Å². The topological polar surface area (TPSA) is 48.6 Å². The predicted molar refractivity (Wildman–Crippen MR) is 137 cm³/mol. The fourth-order valence-corrected chi connectivity index (χ4v) is 5.77. The number of thiocarbonyl (C=S) groups is 1. The average Bonchev–Trinajstić information content (AvgIpc) is 3.37. The number of fused-ring (bicyclic) bond motifs is 4. The molecule has 2 atom stereocenters. The smallest absolute Gasteiger partial charge is 0.251 e. The zero-order valence-corrected chi connectivity index (χ0v) is 19.7. The van der Waals surface area contributed by atoms with Gasteiger partial charge in [0.05, 0.1) is 13.2 Å². The van der Waals surface area contributed by atoms with Gasteiger partial charge in [0, 0.05) is 29.6 Å². The Bertz CT molecular complexity index is 1380. The van der Waals surface area contributed by atoms with Crippen LogP contribution in [0.15, 0.2) is 78.9 Å². The number of nitrogens with one attached hydrogen (secondary N) is 1. The SMILES string of the molecule is COc1ccc(C2c3[nH]c4ccccc4c3CC3C(=O)N(CCc4ccccc4)C(=S)N32)cc1. The van der Waals surface area contributed by atoms with Crippen molar-refractivity contribution in [2.45, 2.75) is 24.9 Å². The van der Waals surface area contributed by atoms with Crippen LogP contribution in [0.5, 0.6) is 5.75 Å². The molecule has 0 aliphatic carbocycles. The third-order valence-corrected chi connectivity index (χ3v) is 7.46. The van der Waals surface area contributed by atoms with Crippen molar-refractivity contribution in [2.75, 3.05) is 13.7 Å². The van der Waals surface area contributed by atoms with Crippen LogP contribution < -0.4 is 4.74 Å². The summed E-state index contributed by atoms with van der Waals surface area (Å²) in [4.78, 5) is 21.3. The van der Waals surface area contributed by atoms with Crippen LogP contribution in [-0.4, -0.2) is 45.5 Å². The minimum atomic E-state index is -0.304. The number of benzene rings is 3. The van der Waals surface area contributed by atoms with Gasteiger partial charge in [-0.2, -0.15) is 0 Å². The van der Waals surface area contributed by atoms with Gasteiger partial charge in [-0.15, -0.1) is 0 Å². The van der Waals surface area contributed by atoms with Gasteiger partial charge in [0.15, 0.2) is 5.11 Å². The summed E-state index contributed by atoms with van der Waals surface area (Å²) in [6, 6.07) is 26.2. The van der Waals surface area contributed by atoms with Crippen molar-refractivity contribution < 1.29 is 9.53 Å². The number of nitrogens with zero attached hydrogens (tertiary/aromatic N) is 2. The van der Waals surface area contributed by atoms with Crippen LogP contribution in [0, 0.1) is 0 Å². The summed E-state index contributed by atoms with van der Waals surface area (Å²) in [6.45, 7) is 0.582. The van der Waals surface area contributed by atoms with E-state index in [1.165, 1.54) is 16.5 Å². The van der Waals surface area contributed by atoms with Crippen molar-refractivity contribution >= 4 is 34.1 Å². The molecule has 1 saturated heterocycles. The summed E-state index contributed by atoms with van der Waals surface area (Å²) in [5.41, 5.74) is 5.69. The lowest BCUT2D eigenvalue weighted by Gasteiger charge is -2.37. The lowest BCUT2D eigenvalue weighted by Crippen LogP contribution is -2.44. The second kappa shape index (κ2) is 8.29. The number of aromatic amines is 1. The molecule has 1 aromatic heterocycles. The van der Waals surface area contributed by atoms with Crippen molar-refractivity contribution in [3.63, 3.8) is 0 Å². The fourth-order valence-electron chi connectivity index (χ4n) is 5.35. The Kier molecular flexibility index (Phi) is 5.11. The predicted octanol–water partition coefficient (Wildman–Crippen LogP) is 4.86. The van der Waals surface area contributed by atoms with E-state index in [1.807, 2.05) is 36.4 Å². The lowest BCUT2D eigenvalue weighted by atomic mass is 9.89. The molecule has 0 bridgehead atoms. The van der Waals surface area contributed by atoms with Crippen LogP contribution in [0.4, 0.5) is 0 Å². The number of hydrogen-bond donors (Lipinski definition) is 1. The van der Waals surface area contributed by atoms with Gasteiger partial charge in [-0.05, 0) is 53.5 Å². The molecule has 0 radical (unpaired) electrons. The van der Waals surface area contributed by atoms with Gasteiger partial charge >= 0.3 is 0 Å². The highest BCUT2D eigenvalue weighted by Gasteiger charge is 2.50. The van der Waals surface area contributed by atoms with E-state index in [4.69, 9.17) is 17.0 Å². The minimum absolute atomic E-state index is 0.0929. The van der Waals surface area contributed by atoms with E-state index in [9.17, 15) is 4.79 Å². The molecule has 34 heavy (non-hydrogen) atoms. The highest BCUT2D eigenvalue weighted by Crippen LogP contribution is 2.44. The van der Waals surface area contributed by atoms with Crippen molar-refractivity contribution in [1.29, 1.82) is 0 Å². The first kappa shape index (κ1) is 20.9. The van der Waals surface area contributed by atoms with Crippen molar-refractivity contribution in [1.82, 2.24) is 14.8 Å². The van der Waals surface area contributed by atoms with Gasteiger partial charge in [0.25, 0.3) is 5.91 Å². The molecule has 1 N–H and O–H groups in total. The molecule has 5 nitrogen and oxygen atoms in total. The number of ether oxygens (including phenoxy) is 1. The number of methoxy groups -OCH3 is 1. The van der Waals surface area contributed by atoms with E-state index < -0.39 is 0 Å². The Hall–Kier alpha value is -3.64. The summed E-state index contributed by atoms with van der Waals surface area (Å²) in [6.07, 6.45) is 1.42. The summed E-state index contributed by atoms with van der Waals surface area (Å²) in [5, 5.41) is 1.79. The number of H-pyrrole nitrogens is 1.